The topological polar surface area (TPSA) is 20.3 Å². The third kappa shape index (κ3) is 4.91. The van der Waals surface area contributed by atoms with Crippen LogP contribution in [0.15, 0.2) is 0 Å². The van der Waals surface area contributed by atoms with E-state index >= 15 is 0 Å². The van der Waals surface area contributed by atoms with Gasteiger partial charge in [0.25, 0.3) is 0 Å². The lowest BCUT2D eigenvalue weighted by Crippen LogP contribution is -2.34. The van der Waals surface area contributed by atoms with Crippen LogP contribution in [0.2, 0.25) is 0 Å². The van der Waals surface area contributed by atoms with E-state index in [4.69, 9.17) is 0 Å². The van der Waals surface area contributed by atoms with Gasteiger partial charge in [-0.2, -0.15) is 0 Å². The van der Waals surface area contributed by atoms with E-state index in [2.05, 4.69) is 20.8 Å². The molecule has 1 amide bonds. The fourth-order valence-electron chi connectivity index (χ4n) is 1.60. The number of hydrogen-bond acceptors (Lipinski definition) is 1. The summed E-state index contributed by atoms with van der Waals surface area (Å²) in [6, 6.07) is 0.467. The highest BCUT2D eigenvalue weighted by molar-refractivity contribution is 5.47. The molecule has 0 aromatic heterocycles. The first kappa shape index (κ1) is 12.5. The van der Waals surface area contributed by atoms with E-state index < -0.39 is 0 Å². The van der Waals surface area contributed by atoms with Crippen LogP contribution in [0.5, 0.6) is 0 Å². The maximum atomic E-state index is 10.8. The number of carbonyl (C=O) groups excluding carboxylic acids is 1. The number of carbonyl (C=O) groups is 1. The summed E-state index contributed by atoms with van der Waals surface area (Å²) in [5, 5.41) is 0. The SMILES string of the molecule is CCCCN(C=O)C(CC)CCC. The molecule has 0 N–H and O–H groups in total. The van der Waals surface area contributed by atoms with Gasteiger partial charge in [0.15, 0.2) is 0 Å². The fraction of sp³-hybridized carbons (Fsp3) is 0.909. The molecule has 2 heteroatoms. The van der Waals surface area contributed by atoms with Gasteiger partial charge in [0.2, 0.25) is 6.41 Å². The minimum absolute atomic E-state index is 0.467. The first-order chi connectivity index (χ1) is 6.29. The van der Waals surface area contributed by atoms with Crippen molar-refractivity contribution in [1.29, 1.82) is 0 Å². The molecule has 0 heterocycles. The Hall–Kier alpha value is -0.530. The first-order valence-electron chi connectivity index (χ1n) is 5.51. The molecule has 0 rings (SSSR count). The summed E-state index contributed by atoms with van der Waals surface area (Å²) in [4.78, 5) is 12.8. The number of rotatable bonds is 8. The van der Waals surface area contributed by atoms with Gasteiger partial charge in [-0.1, -0.05) is 33.6 Å². The summed E-state index contributed by atoms with van der Waals surface area (Å²) in [6.07, 6.45) is 6.68. The van der Waals surface area contributed by atoms with E-state index in [9.17, 15) is 4.79 Å². The minimum atomic E-state index is 0.467. The van der Waals surface area contributed by atoms with E-state index in [0.29, 0.717) is 6.04 Å². The summed E-state index contributed by atoms with van der Waals surface area (Å²) in [6.45, 7) is 7.41. The Morgan fingerprint density at radius 2 is 1.92 bits per heavy atom. The van der Waals surface area contributed by atoms with Gasteiger partial charge in [0.05, 0.1) is 0 Å². The maximum absolute atomic E-state index is 10.8. The molecule has 0 aromatic carbocycles. The number of amides is 1. The summed E-state index contributed by atoms with van der Waals surface area (Å²) in [5.74, 6) is 0. The first-order valence-corrected chi connectivity index (χ1v) is 5.51. The molecular formula is C11H23NO. The van der Waals surface area contributed by atoms with Crippen molar-refractivity contribution in [3.8, 4) is 0 Å². The van der Waals surface area contributed by atoms with Crippen LogP contribution in [-0.4, -0.2) is 23.9 Å². The zero-order valence-corrected chi connectivity index (χ0v) is 9.25. The van der Waals surface area contributed by atoms with Gasteiger partial charge in [-0.05, 0) is 19.3 Å². The monoisotopic (exact) mass is 185 g/mol. The van der Waals surface area contributed by atoms with Crippen LogP contribution < -0.4 is 0 Å². The second-order valence-electron chi connectivity index (χ2n) is 3.55. The molecule has 1 unspecified atom stereocenters. The lowest BCUT2D eigenvalue weighted by atomic mass is 10.1. The molecule has 2 nitrogen and oxygen atoms in total. The van der Waals surface area contributed by atoms with Crippen molar-refractivity contribution in [2.24, 2.45) is 0 Å². The molecule has 0 saturated carbocycles. The fourth-order valence-corrected chi connectivity index (χ4v) is 1.60. The van der Waals surface area contributed by atoms with Crippen molar-refractivity contribution in [3.63, 3.8) is 0 Å². The molecule has 0 aliphatic heterocycles. The molecule has 13 heavy (non-hydrogen) atoms. The molecule has 1 atom stereocenters. The minimum Gasteiger partial charge on any atom is -0.342 e. The van der Waals surface area contributed by atoms with Crippen LogP contribution in [0.3, 0.4) is 0 Å². The molecular weight excluding hydrogens is 162 g/mol. The van der Waals surface area contributed by atoms with Crippen LogP contribution in [0.4, 0.5) is 0 Å². The van der Waals surface area contributed by atoms with Gasteiger partial charge in [0, 0.05) is 12.6 Å². The van der Waals surface area contributed by atoms with Crippen molar-refractivity contribution in [3.05, 3.63) is 0 Å². The standard InChI is InChI=1S/C11H23NO/c1-4-7-9-12(10-13)11(6-3)8-5-2/h10-11H,4-9H2,1-3H3. The average molecular weight is 185 g/mol. The second kappa shape index (κ2) is 8.09. The Morgan fingerprint density at radius 1 is 1.23 bits per heavy atom. The summed E-state index contributed by atoms with van der Waals surface area (Å²) >= 11 is 0. The van der Waals surface area contributed by atoms with Crippen molar-refractivity contribution in [1.82, 2.24) is 4.90 Å². The number of hydrogen-bond donors (Lipinski definition) is 0. The molecule has 0 spiro atoms. The summed E-state index contributed by atoms with van der Waals surface area (Å²) in [5.41, 5.74) is 0. The highest BCUT2D eigenvalue weighted by atomic mass is 16.1. The number of unbranched alkanes of at least 4 members (excludes halogenated alkanes) is 1. The van der Waals surface area contributed by atoms with Gasteiger partial charge in [-0.3, -0.25) is 4.79 Å². The molecule has 0 radical (unpaired) electrons. The summed E-state index contributed by atoms with van der Waals surface area (Å²) < 4.78 is 0. The highest BCUT2D eigenvalue weighted by Gasteiger charge is 2.12. The maximum Gasteiger partial charge on any atom is 0.209 e. The third-order valence-corrected chi connectivity index (χ3v) is 2.47. The van der Waals surface area contributed by atoms with Crippen LogP contribution in [0.1, 0.15) is 52.9 Å². The van der Waals surface area contributed by atoms with Crippen molar-refractivity contribution in [2.45, 2.75) is 58.9 Å². The Balaban J connectivity index is 3.92. The lowest BCUT2D eigenvalue weighted by molar-refractivity contribution is -0.120. The Kier molecular flexibility index (Phi) is 7.76. The van der Waals surface area contributed by atoms with Gasteiger partial charge in [-0.25, -0.2) is 0 Å². The summed E-state index contributed by atoms with van der Waals surface area (Å²) in [7, 11) is 0. The Bertz CT molecular complexity index is 125. The van der Waals surface area contributed by atoms with E-state index in [1.165, 1.54) is 0 Å². The largest absolute Gasteiger partial charge is 0.342 e. The Labute approximate surface area is 82.3 Å². The van der Waals surface area contributed by atoms with Crippen LogP contribution in [0.25, 0.3) is 0 Å². The lowest BCUT2D eigenvalue weighted by Gasteiger charge is -2.27. The van der Waals surface area contributed by atoms with Crippen molar-refractivity contribution < 1.29 is 4.79 Å². The molecule has 0 saturated heterocycles. The molecule has 0 aliphatic carbocycles. The normalized spacial score (nSPS) is 12.5. The molecule has 0 fully saturated rings. The van der Waals surface area contributed by atoms with Gasteiger partial charge in [-0.15, -0.1) is 0 Å². The smallest absolute Gasteiger partial charge is 0.209 e. The quantitative estimate of drug-likeness (QED) is 0.532. The van der Waals surface area contributed by atoms with Crippen molar-refractivity contribution in [2.75, 3.05) is 6.54 Å². The molecule has 0 aliphatic rings. The van der Waals surface area contributed by atoms with Crippen molar-refractivity contribution >= 4 is 6.41 Å². The third-order valence-electron chi connectivity index (χ3n) is 2.47. The van der Waals surface area contributed by atoms with Crippen LogP contribution in [0, 0.1) is 0 Å². The molecule has 0 aromatic rings. The van der Waals surface area contributed by atoms with Gasteiger partial charge >= 0.3 is 0 Å². The molecule has 0 bridgehead atoms. The van der Waals surface area contributed by atoms with E-state index in [1.807, 2.05) is 4.90 Å². The van der Waals surface area contributed by atoms with E-state index in [1.54, 1.807) is 0 Å². The van der Waals surface area contributed by atoms with Crippen LogP contribution >= 0.6 is 0 Å². The van der Waals surface area contributed by atoms with Gasteiger partial charge < -0.3 is 4.90 Å². The van der Waals surface area contributed by atoms with Crippen LogP contribution in [-0.2, 0) is 4.79 Å². The molecule has 78 valence electrons. The number of nitrogens with zero attached hydrogens (tertiary/aromatic N) is 1. The average Bonchev–Trinajstić information content (AvgIpc) is 2.17. The zero-order chi connectivity index (χ0) is 10.1. The van der Waals surface area contributed by atoms with Gasteiger partial charge in [0.1, 0.15) is 0 Å². The van der Waals surface area contributed by atoms with E-state index in [-0.39, 0.29) is 0 Å². The predicted octanol–water partition coefficient (Wildman–Crippen LogP) is 2.82. The highest BCUT2D eigenvalue weighted by Crippen LogP contribution is 2.09. The Morgan fingerprint density at radius 3 is 2.31 bits per heavy atom. The zero-order valence-electron chi connectivity index (χ0n) is 9.25. The van der Waals surface area contributed by atoms with E-state index in [0.717, 1.165) is 45.1 Å². The second-order valence-corrected chi connectivity index (χ2v) is 3.55. The predicted molar refractivity (Wildman–Crippen MR) is 56.7 cm³/mol.